The summed E-state index contributed by atoms with van der Waals surface area (Å²) in [6.45, 7) is 5.00. The molecule has 0 N–H and O–H groups in total. The second kappa shape index (κ2) is 7.57. The Labute approximate surface area is 145 Å². The van der Waals surface area contributed by atoms with Crippen molar-refractivity contribution in [3.05, 3.63) is 53.0 Å². The fourth-order valence-electron chi connectivity index (χ4n) is 2.57. The van der Waals surface area contributed by atoms with Crippen LogP contribution in [0.15, 0.2) is 30.3 Å². The van der Waals surface area contributed by atoms with E-state index in [1.807, 2.05) is 13.8 Å². The first-order valence-corrected chi connectivity index (χ1v) is 8.11. The van der Waals surface area contributed by atoms with Crippen LogP contribution in [0.4, 0.5) is 4.39 Å². The van der Waals surface area contributed by atoms with Gasteiger partial charge in [0.2, 0.25) is 5.88 Å². The maximum Gasteiger partial charge on any atom is 0.260 e. The minimum atomic E-state index is -0.296. The normalized spacial score (nSPS) is 17.4. The van der Waals surface area contributed by atoms with Gasteiger partial charge in [0.25, 0.3) is 5.91 Å². The fraction of sp³-hybridized carbons (Fsp3) is 0.389. The molecule has 0 radical (unpaired) electrons. The maximum atomic E-state index is 13.0. The number of carbonyl (C=O) groups excluding carboxylic acids is 1. The molecular weight excluding hydrogens is 325 g/mol. The lowest BCUT2D eigenvalue weighted by molar-refractivity contribution is -0.141. The number of aromatic nitrogens is 2. The molecule has 0 unspecified atom stereocenters. The zero-order chi connectivity index (χ0) is 17.8. The summed E-state index contributed by atoms with van der Waals surface area (Å²) in [5.41, 5.74) is 2.63. The van der Waals surface area contributed by atoms with Gasteiger partial charge in [0.05, 0.1) is 18.8 Å². The van der Waals surface area contributed by atoms with Crippen molar-refractivity contribution in [1.82, 2.24) is 15.1 Å². The van der Waals surface area contributed by atoms with Gasteiger partial charge in [-0.25, -0.2) is 4.39 Å². The number of benzene rings is 1. The highest BCUT2D eigenvalue weighted by Gasteiger charge is 2.25. The lowest BCUT2D eigenvalue weighted by Gasteiger charge is -2.33. The Hall–Kier alpha value is -2.54. The number of ether oxygens (including phenoxy) is 2. The third-order valence-electron chi connectivity index (χ3n) is 4.21. The van der Waals surface area contributed by atoms with E-state index in [9.17, 15) is 9.18 Å². The second-order valence-corrected chi connectivity index (χ2v) is 5.99. The number of hydrogen-bond donors (Lipinski definition) is 0. The highest BCUT2D eigenvalue weighted by molar-refractivity contribution is 5.77. The van der Waals surface area contributed by atoms with Crippen LogP contribution in [0.1, 0.15) is 22.9 Å². The van der Waals surface area contributed by atoms with E-state index in [1.165, 1.54) is 12.1 Å². The number of halogens is 1. The highest BCUT2D eigenvalue weighted by atomic mass is 19.1. The number of amides is 1. The van der Waals surface area contributed by atoms with Crippen molar-refractivity contribution in [3.8, 4) is 5.88 Å². The van der Waals surface area contributed by atoms with Gasteiger partial charge < -0.3 is 14.4 Å². The van der Waals surface area contributed by atoms with Gasteiger partial charge in [0.1, 0.15) is 11.9 Å². The highest BCUT2D eigenvalue weighted by Crippen LogP contribution is 2.22. The van der Waals surface area contributed by atoms with Crippen molar-refractivity contribution in [1.29, 1.82) is 0 Å². The number of carbonyl (C=O) groups is 1. The summed E-state index contributed by atoms with van der Waals surface area (Å²) in [5.74, 6) is -0.106. The van der Waals surface area contributed by atoms with Gasteiger partial charge >= 0.3 is 0 Å². The Morgan fingerprint density at radius 3 is 2.80 bits per heavy atom. The van der Waals surface area contributed by atoms with Gasteiger partial charge in [-0.2, -0.15) is 5.10 Å². The monoisotopic (exact) mass is 345 g/mol. The van der Waals surface area contributed by atoms with E-state index in [0.717, 1.165) is 16.8 Å². The second-order valence-electron chi connectivity index (χ2n) is 5.99. The minimum Gasteiger partial charge on any atom is -0.466 e. The van der Waals surface area contributed by atoms with E-state index in [0.29, 0.717) is 25.6 Å². The Morgan fingerprint density at radius 2 is 2.08 bits per heavy atom. The van der Waals surface area contributed by atoms with Crippen molar-refractivity contribution < 1.29 is 18.7 Å². The van der Waals surface area contributed by atoms with Crippen LogP contribution in [0, 0.1) is 19.7 Å². The summed E-state index contributed by atoms with van der Waals surface area (Å²) in [4.78, 5) is 14.1. The number of rotatable bonds is 4. The molecule has 2 aromatic rings. The van der Waals surface area contributed by atoms with Gasteiger partial charge in [0, 0.05) is 12.6 Å². The molecule has 25 heavy (non-hydrogen) atoms. The molecule has 2 heterocycles. The van der Waals surface area contributed by atoms with Crippen molar-refractivity contribution in [2.45, 2.75) is 20.0 Å². The lowest BCUT2D eigenvalue weighted by Crippen LogP contribution is -2.44. The molecule has 1 aromatic heterocycles. The van der Waals surface area contributed by atoms with E-state index in [4.69, 9.17) is 9.47 Å². The summed E-state index contributed by atoms with van der Waals surface area (Å²) in [6, 6.07) is 7.89. The van der Waals surface area contributed by atoms with Crippen LogP contribution in [0.2, 0.25) is 0 Å². The Kier molecular flexibility index (Phi) is 5.23. The van der Waals surface area contributed by atoms with Crippen LogP contribution in [0.3, 0.4) is 0 Å². The zero-order valence-electron chi connectivity index (χ0n) is 14.2. The Balaban J connectivity index is 1.58. The first-order valence-electron chi connectivity index (χ1n) is 8.11. The summed E-state index contributed by atoms with van der Waals surface area (Å²) < 4.78 is 24.2. The van der Waals surface area contributed by atoms with Gasteiger partial charge in [-0.3, -0.25) is 4.79 Å². The number of hydrogen-bond acceptors (Lipinski definition) is 5. The first kappa shape index (κ1) is 17.3. The first-order chi connectivity index (χ1) is 12.0. The average molecular weight is 345 g/mol. The van der Waals surface area contributed by atoms with Gasteiger partial charge in [-0.05, 0) is 37.1 Å². The molecule has 6 nitrogen and oxygen atoms in total. The van der Waals surface area contributed by atoms with Crippen LogP contribution in [-0.2, 0) is 9.53 Å². The SMILES string of the molecule is Cc1cc(OCC(=O)N2CCO[C@@H](c3ccc(F)cc3)C2)nnc1C. The molecule has 1 atom stereocenters. The zero-order valence-corrected chi connectivity index (χ0v) is 14.2. The molecule has 7 heteroatoms. The van der Waals surface area contributed by atoms with Crippen LogP contribution in [-0.4, -0.2) is 47.3 Å². The third-order valence-corrected chi connectivity index (χ3v) is 4.21. The fourth-order valence-corrected chi connectivity index (χ4v) is 2.57. The average Bonchev–Trinajstić information content (AvgIpc) is 2.63. The van der Waals surface area contributed by atoms with E-state index in [1.54, 1.807) is 23.1 Å². The Morgan fingerprint density at radius 1 is 1.32 bits per heavy atom. The van der Waals surface area contributed by atoms with Crippen LogP contribution in [0.25, 0.3) is 0 Å². The summed E-state index contributed by atoms with van der Waals surface area (Å²) in [6.07, 6.45) is -0.264. The van der Waals surface area contributed by atoms with Crippen molar-refractivity contribution in [2.75, 3.05) is 26.3 Å². The maximum absolute atomic E-state index is 13.0. The molecule has 1 aliphatic rings. The molecule has 0 saturated carbocycles. The lowest BCUT2D eigenvalue weighted by atomic mass is 10.1. The number of aryl methyl sites for hydroxylation is 2. The van der Waals surface area contributed by atoms with Gasteiger partial charge in [-0.1, -0.05) is 12.1 Å². The standard InChI is InChI=1S/C18H20FN3O3/c1-12-9-17(21-20-13(12)2)25-11-18(23)22-7-8-24-16(10-22)14-3-5-15(19)6-4-14/h3-6,9,16H,7-8,10-11H2,1-2H3/t16-/m1/s1. The minimum absolute atomic E-state index is 0.104. The van der Waals surface area contributed by atoms with Crippen LogP contribution < -0.4 is 4.74 Å². The predicted molar refractivity (Wildman–Crippen MR) is 88.7 cm³/mol. The van der Waals surface area contributed by atoms with Crippen LogP contribution in [0.5, 0.6) is 5.88 Å². The molecule has 0 spiro atoms. The molecule has 1 fully saturated rings. The van der Waals surface area contributed by atoms with Gasteiger partial charge in [0.15, 0.2) is 6.61 Å². The number of morpholine rings is 1. The van der Waals surface area contributed by atoms with Crippen molar-refractivity contribution in [2.24, 2.45) is 0 Å². The quantitative estimate of drug-likeness (QED) is 0.850. The number of nitrogens with zero attached hydrogens (tertiary/aromatic N) is 3. The topological polar surface area (TPSA) is 64.5 Å². The van der Waals surface area contributed by atoms with Crippen molar-refractivity contribution in [3.63, 3.8) is 0 Å². The molecule has 1 saturated heterocycles. The van der Waals surface area contributed by atoms with Crippen molar-refractivity contribution >= 4 is 5.91 Å². The molecule has 1 aliphatic heterocycles. The molecule has 0 bridgehead atoms. The molecule has 132 valence electrons. The predicted octanol–water partition coefficient (Wildman–Crippen LogP) is 2.21. The van der Waals surface area contributed by atoms with E-state index in [-0.39, 0.29) is 24.4 Å². The van der Waals surface area contributed by atoms with E-state index in [2.05, 4.69) is 10.2 Å². The molecule has 1 amide bonds. The van der Waals surface area contributed by atoms with Gasteiger partial charge in [-0.15, -0.1) is 5.10 Å². The van der Waals surface area contributed by atoms with E-state index >= 15 is 0 Å². The van der Waals surface area contributed by atoms with E-state index < -0.39 is 0 Å². The molecular formula is C18H20FN3O3. The third kappa shape index (κ3) is 4.30. The largest absolute Gasteiger partial charge is 0.466 e. The molecule has 1 aromatic carbocycles. The smallest absolute Gasteiger partial charge is 0.260 e. The molecule has 3 rings (SSSR count). The summed E-state index contributed by atoms with van der Waals surface area (Å²) >= 11 is 0. The summed E-state index contributed by atoms with van der Waals surface area (Å²) in [5, 5.41) is 7.90. The summed E-state index contributed by atoms with van der Waals surface area (Å²) in [7, 11) is 0. The molecule has 0 aliphatic carbocycles. The van der Waals surface area contributed by atoms with Crippen LogP contribution >= 0.6 is 0 Å². The Bertz CT molecular complexity index is 752.